The summed E-state index contributed by atoms with van der Waals surface area (Å²) in [6.45, 7) is 2.06. The summed E-state index contributed by atoms with van der Waals surface area (Å²) in [5, 5.41) is 16.0. The molecule has 1 N–H and O–H groups in total. The van der Waals surface area contributed by atoms with Gasteiger partial charge in [0.2, 0.25) is 5.91 Å². The predicted molar refractivity (Wildman–Crippen MR) is 107 cm³/mol. The second-order valence-corrected chi connectivity index (χ2v) is 6.90. The number of piperidine rings is 1. The molecule has 0 bridgehead atoms. The molecule has 28 heavy (non-hydrogen) atoms. The van der Waals surface area contributed by atoms with Gasteiger partial charge in [-0.25, -0.2) is 0 Å². The number of hydrogen-bond donors (Lipinski definition) is 1. The lowest BCUT2D eigenvalue weighted by atomic mass is 10.1. The van der Waals surface area contributed by atoms with Gasteiger partial charge in [0.25, 0.3) is 0 Å². The standard InChI is InChI=1S/C20H24N6O2/c1-28-16-7-5-15(6-8-16)21-20(27)12-11-18-23-22-17-9-10-19(24-26(17)18)25-13-3-2-4-14-25/h5-10H,2-4,11-14H2,1H3,(H,21,27). The van der Waals surface area contributed by atoms with Gasteiger partial charge in [-0.3, -0.25) is 4.79 Å². The van der Waals surface area contributed by atoms with E-state index in [0.29, 0.717) is 24.3 Å². The highest BCUT2D eigenvalue weighted by Gasteiger charge is 2.15. The molecule has 4 rings (SSSR count). The van der Waals surface area contributed by atoms with Gasteiger partial charge in [0.15, 0.2) is 11.5 Å². The SMILES string of the molecule is COc1ccc(NC(=O)CCc2nnc3ccc(N4CCCCC4)nn23)cc1. The predicted octanol–water partition coefficient (Wildman–Crippen LogP) is 2.69. The first kappa shape index (κ1) is 18.2. The van der Waals surface area contributed by atoms with Crippen LogP contribution < -0.4 is 15.0 Å². The number of amides is 1. The first-order chi connectivity index (χ1) is 13.7. The second-order valence-electron chi connectivity index (χ2n) is 6.90. The topological polar surface area (TPSA) is 84.6 Å². The zero-order chi connectivity index (χ0) is 19.3. The third-order valence-electron chi connectivity index (χ3n) is 4.94. The van der Waals surface area contributed by atoms with Crippen LogP contribution >= 0.6 is 0 Å². The molecule has 1 aliphatic rings. The van der Waals surface area contributed by atoms with Gasteiger partial charge in [-0.1, -0.05) is 0 Å². The summed E-state index contributed by atoms with van der Waals surface area (Å²) in [5.41, 5.74) is 1.44. The summed E-state index contributed by atoms with van der Waals surface area (Å²) in [4.78, 5) is 14.6. The summed E-state index contributed by atoms with van der Waals surface area (Å²) in [6, 6.07) is 11.2. The van der Waals surface area contributed by atoms with Crippen LogP contribution in [0, 0.1) is 0 Å². The van der Waals surface area contributed by atoms with Crippen LogP contribution in [0.5, 0.6) is 5.75 Å². The van der Waals surface area contributed by atoms with E-state index in [1.54, 1.807) is 11.6 Å². The number of carbonyl (C=O) groups is 1. The quantitative estimate of drug-likeness (QED) is 0.708. The fourth-order valence-corrected chi connectivity index (χ4v) is 3.39. The lowest BCUT2D eigenvalue weighted by Gasteiger charge is -2.27. The Bertz CT molecular complexity index is 947. The lowest BCUT2D eigenvalue weighted by Crippen LogP contribution is -2.30. The van der Waals surface area contributed by atoms with Crippen LogP contribution in [0.15, 0.2) is 36.4 Å². The van der Waals surface area contributed by atoms with Crippen molar-refractivity contribution in [3.05, 3.63) is 42.2 Å². The van der Waals surface area contributed by atoms with Crippen LogP contribution in [-0.4, -0.2) is 45.9 Å². The maximum absolute atomic E-state index is 12.3. The Kier molecular flexibility index (Phi) is 5.36. The van der Waals surface area contributed by atoms with Crippen molar-refractivity contribution in [2.75, 3.05) is 30.4 Å². The van der Waals surface area contributed by atoms with Crippen molar-refractivity contribution in [2.24, 2.45) is 0 Å². The van der Waals surface area contributed by atoms with E-state index in [0.717, 1.165) is 30.3 Å². The number of ether oxygens (including phenoxy) is 1. The minimum atomic E-state index is -0.0749. The molecule has 3 heterocycles. The molecule has 1 aromatic carbocycles. The minimum Gasteiger partial charge on any atom is -0.497 e. The molecule has 8 nitrogen and oxygen atoms in total. The Morgan fingerprint density at radius 2 is 1.86 bits per heavy atom. The minimum absolute atomic E-state index is 0.0749. The molecule has 0 unspecified atom stereocenters. The van der Waals surface area contributed by atoms with Gasteiger partial charge in [-0.15, -0.1) is 15.3 Å². The van der Waals surface area contributed by atoms with Crippen molar-refractivity contribution in [3.63, 3.8) is 0 Å². The highest BCUT2D eigenvalue weighted by atomic mass is 16.5. The fourth-order valence-electron chi connectivity index (χ4n) is 3.39. The number of aromatic nitrogens is 4. The molecule has 1 aliphatic heterocycles. The van der Waals surface area contributed by atoms with Crippen molar-refractivity contribution in [2.45, 2.75) is 32.1 Å². The molecule has 0 spiro atoms. The number of nitrogens with zero attached hydrogens (tertiary/aromatic N) is 5. The summed E-state index contributed by atoms with van der Waals surface area (Å²) >= 11 is 0. The highest BCUT2D eigenvalue weighted by Crippen LogP contribution is 2.18. The monoisotopic (exact) mass is 380 g/mol. The molecule has 0 saturated carbocycles. The molecule has 0 aliphatic carbocycles. The molecular weight excluding hydrogens is 356 g/mol. The van der Waals surface area contributed by atoms with Crippen LogP contribution in [0.25, 0.3) is 5.65 Å². The largest absolute Gasteiger partial charge is 0.497 e. The molecular formula is C20H24N6O2. The molecule has 146 valence electrons. The van der Waals surface area contributed by atoms with Gasteiger partial charge in [-0.2, -0.15) is 4.52 Å². The average Bonchev–Trinajstić information content (AvgIpc) is 3.16. The maximum atomic E-state index is 12.3. The molecule has 8 heteroatoms. The maximum Gasteiger partial charge on any atom is 0.224 e. The van der Waals surface area contributed by atoms with Crippen LogP contribution in [0.2, 0.25) is 0 Å². The number of benzene rings is 1. The van der Waals surface area contributed by atoms with Crippen molar-refractivity contribution >= 4 is 23.1 Å². The van der Waals surface area contributed by atoms with Gasteiger partial charge in [-0.05, 0) is 55.7 Å². The summed E-state index contributed by atoms with van der Waals surface area (Å²) in [6.07, 6.45) is 4.45. The van der Waals surface area contributed by atoms with Gasteiger partial charge in [0, 0.05) is 31.6 Å². The third kappa shape index (κ3) is 4.05. The van der Waals surface area contributed by atoms with Crippen LogP contribution in [-0.2, 0) is 11.2 Å². The Balaban J connectivity index is 1.41. The second kappa shape index (κ2) is 8.24. The molecule has 1 saturated heterocycles. The molecule has 0 atom stereocenters. The number of methoxy groups -OCH3 is 1. The number of rotatable bonds is 6. The zero-order valence-corrected chi connectivity index (χ0v) is 16.0. The molecule has 1 amide bonds. The Morgan fingerprint density at radius 3 is 2.61 bits per heavy atom. The first-order valence-corrected chi connectivity index (χ1v) is 9.63. The number of nitrogens with one attached hydrogen (secondary N) is 1. The normalized spacial score (nSPS) is 14.2. The Morgan fingerprint density at radius 1 is 1.07 bits per heavy atom. The fraction of sp³-hybridized carbons (Fsp3) is 0.400. The Labute approximate surface area is 163 Å². The van der Waals surface area contributed by atoms with Gasteiger partial charge in [0.05, 0.1) is 7.11 Å². The van der Waals surface area contributed by atoms with Crippen LogP contribution in [0.3, 0.4) is 0 Å². The van der Waals surface area contributed by atoms with Crippen molar-refractivity contribution < 1.29 is 9.53 Å². The van der Waals surface area contributed by atoms with E-state index in [1.165, 1.54) is 19.3 Å². The number of anilines is 2. The highest BCUT2D eigenvalue weighted by molar-refractivity contribution is 5.90. The van der Waals surface area contributed by atoms with E-state index in [4.69, 9.17) is 9.84 Å². The smallest absolute Gasteiger partial charge is 0.224 e. The molecule has 1 fully saturated rings. The van der Waals surface area contributed by atoms with Crippen molar-refractivity contribution in [1.82, 2.24) is 19.8 Å². The molecule has 3 aromatic rings. The molecule has 0 radical (unpaired) electrons. The Hall–Kier alpha value is -3.16. The van der Waals surface area contributed by atoms with Crippen LogP contribution in [0.4, 0.5) is 11.5 Å². The first-order valence-electron chi connectivity index (χ1n) is 9.63. The molecule has 2 aromatic heterocycles. The number of fused-ring (bicyclic) bond motifs is 1. The average molecular weight is 380 g/mol. The summed E-state index contributed by atoms with van der Waals surface area (Å²) in [7, 11) is 1.61. The lowest BCUT2D eigenvalue weighted by molar-refractivity contribution is -0.116. The zero-order valence-electron chi connectivity index (χ0n) is 16.0. The summed E-state index contributed by atoms with van der Waals surface area (Å²) in [5.74, 6) is 2.31. The van der Waals surface area contributed by atoms with E-state index in [2.05, 4.69) is 20.4 Å². The van der Waals surface area contributed by atoms with Gasteiger partial charge < -0.3 is 15.0 Å². The van der Waals surface area contributed by atoms with Crippen molar-refractivity contribution in [1.29, 1.82) is 0 Å². The number of carbonyl (C=O) groups excluding carboxylic acids is 1. The third-order valence-corrected chi connectivity index (χ3v) is 4.94. The van der Waals surface area contributed by atoms with Gasteiger partial charge in [0.1, 0.15) is 11.6 Å². The number of hydrogen-bond acceptors (Lipinski definition) is 6. The van der Waals surface area contributed by atoms with Crippen LogP contribution in [0.1, 0.15) is 31.5 Å². The summed E-state index contributed by atoms with van der Waals surface area (Å²) < 4.78 is 6.88. The number of aryl methyl sites for hydroxylation is 1. The van der Waals surface area contributed by atoms with E-state index in [9.17, 15) is 4.79 Å². The van der Waals surface area contributed by atoms with Crippen molar-refractivity contribution in [3.8, 4) is 5.75 Å². The van der Waals surface area contributed by atoms with E-state index < -0.39 is 0 Å². The van der Waals surface area contributed by atoms with E-state index >= 15 is 0 Å². The van der Waals surface area contributed by atoms with Gasteiger partial charge >= 0.3 is 0 Å². The van der Waals surface area contributed by atoms with E-state index in [-0.39, 0.29) is 5.91 Å². The van der Waals surface area contributed by atoms with E-state index in [1.807, 2.05) is 36.4 Å².